The first-order valence-corrected chi connectivity index (χ1v) is 8.76. The molecule has 7 nitrogen and oxygen atoms in total. The van der Waals surface area contributed by atoms with E-state index < -0.39 is 23.9 Å². The minimum Gasteiger partial charge on any atom is -0.467 e. The first-order valence-electron chi connectivity index (χ1n) is 7.94. The molecule has 3 amide bonds. The summed E-state index contributed by atoms with van der Waals surface area (Å²) in [7, 11) is 1.27. The summed E-state index contributed by atoms with van der Waals surface area (Å²) in [4.78, 5) is 36.9. The van der Waals surface area contributed by atoms with Crippen LogP contribution < -0.4 is 16.4 Å². The zero-order valence-corrected chi connectivity index (χ0v) is 14.9. The van der Waals surface area contributed by atoms with Gasteiger partial charge in [0.2, 0.25) is 0 Å². The van der Waals surface area contributed by atoms with Crippen molar-refractivity contribution in [2.75, 3.05) is 12.4 Å². The van der Waals surface area contributed by atoms with Crippen molar-refractivity contribution in [2.24, 2.45) is 11.7 Å². The summed E-state index contributed by atoms with van der Waals surface area (Å²) < 4.78 is 4.70. The van der Waals surface area contributed by atoms with Crippen LogP contribution in [0.5, 0.6) is 0 Å². The first kappa shape index (κ1) is 18.3. The van der Waals surface area contributed by atoms with Gasteiger partial charge in [0.1, 0.15) is 11.0 Å². The van der Waals surface area contributed by atoms with Crippen molar-refractivity contribution < 1.29 is 19.1 Å². The normalized spacial score (nSPS) is 14.7. The molecule has 0 spiro atoms. The number of primary amides is 1. The number of methoxy groups -OCH3 is 1. The Balaban J connectivity index is 2.18. The Hall–Kier alpha value is -2.09. The van der Waals surface area contributed by atoms with Gasteiger partial charge in [-0.05, 0) is 37.2 Å². The maximum absolute atomic E-state index is 12.3. The van der Waals surface area contributed by atoms with Gasteiger partial charge in [-0.3, -0.25) is 10.1 Å². The van der Waals surface area contributed by atoms with Gasteiger partial charge in [-0.25, -0.2) is 9.59 Å². The second-order valence-electron chi connectivity index (χ2n) is 6.12. The molecule has 1 aliphatic rings. The summed E-state index contributed by atoms with van der Waals surface area (Å²) in [5.41, 5.74) is 6.84. The fraction of sp³-hybridized carbons (Fsp3) is 0.562. The van der Waals surface area contributed by atoms with Gasteiger partial charge in [-0.1, -0.05) is 13.8 Å². The number of urea groups is 1. The van der Waals surface area contributed by atoms with Gasteiger partial charge in [-0.15, -0.1) is 11.3 Å². The number of nitrogens with two attached hydrogens (primary N) is 1. The predicted molar refractivity (Wildman–Crippen MR) is 92.3 cm³/mol. The standard InChI is InChI=1S/C16H23N3O4S/c1-8(2)12(15(21)23-3)18-16(22)19-14-11(13(17)20)9-6-4-5-7-10(9)24-14/h8,12H,4-7H2,1-3H3,(H2,17,20)(H2,18,19,22). The molecule has 24 heavy (non-hydrogen) atoms. The van der Waals surface area contributed by atoms with Gasteiger partial charge in [0.15, 0.2) is 0 Å². The Morgan fingerprint density at radius 3 is 2.46 bits per heavy atom. The predicted octanol–water partition coefficient (Wildman–Crippen LogP) is 2.04. The van der Waals surface area contributed by atoms with E-state index in [1.165, 1.54) is 18.4 Å². The van der Waals surface area contributed by atoms with Crippen molar-refractivity contribution in [1.82, 2.24) is 5.32 Å². The highest BCUT2D eigenvalue weighted by atomic mass is 32.1. The van der Waals surface area contributed by atoms with E-state index in [-0.39, 0.29) is 5.92 Å². The molecule has 1 aromatic heterocycles. The van der Waals surface area contributed by atoms with Crippen LogP contribution in [-0.4, -0.2) is 31.1 Å². The van der Waals surface area contributed by atoms with Crippen molar-refractivity contribution >= 4 is 34.2 Å². The average molecular weight is 353 g/mol. The second kappa shape index (κ2) is 7.65. The molecule has 8 heteroatoms. The zero-order valence-electron chi connectivity index (χ0n) is 14.1. The summed E-state index contributed by atoms with van der Waals surface area (Å²) in [6.07, 6.45) is 3.76. The fourth-order valence-electron chi connectivity index (χ4n) is 2.82. The number of amides is 3. The number of aryl methyl sites for hydroxylation is 1. The SMILES string of the molecule is COC(=O)C(NC(=O)Nc1sc2c(c1C(N)=O)CCCC2)C(C)C. The van der Waals surface area contributed by atoms with E-state index >= 15 is 0 Å². The van der Waals surface area contributed by atoms with Gasteiger partial charge in [0.05, 0.1) is 12.7 Å². The van der Waals surface area contributed by atoms with Gasteiger partial charge >= 0.3 is 12.0 Å². The Morgan fingerprint density at radius 1 is 1.21 bits per heavy atom. The van der Waals surface area contributed by atoms with E-state index in [0.717, 1.165) is 36.1 Å². The lowest BCUT2D eigenvalue weighted by Crippen LogP contribution is -2.46. The highest BCUT2D eigenvalue weighted by molar-refractivity contribution is 7.17. The average Bonchev–Trinajstić information content (AvgIpc) is 2.89. The lowest BCUT2D eigenvalue weighted by Gasteiger charge is -2.20. The maximum Gasteiger partial charge on any atom is 0.328 e. The van der Waals surface area contributed by atoms with E-state index in [0.29, 0.717) is 10.6 Å². The van der Waals surface area contributed by atoms with Crippen LogP contribution in [0.2, 0.25) is 0 Å². The third-order valence-electron chi connectivity index (χ3n) is 4.05. The number of fused-ring (bicyclic) bond motifs is 1. The monoisotopic (exact) mass is 353 g/mol. The molecule has 0 saturated heterocycles. The fourth-order valence-corrected chi connectivity index (χ4v) is 4.11. The quantitative estimate of drug-likeness (QED) is 0.704. The Bertz CT molecular complexity index is 654. The first-order chi connectivity index (χ1) is 11.3. The molecule has 2 rings (SSSR count). The van der Waals surface area contributed by atoms with Crippen LogP contribution in [0.25, 0.3) is 0 Å². The minimum atomic E-state index is -0.762. The number of thiophene rings is 1. The van der Waals surface area contributed by atoms with Crippen LogP contribution in [0.4, 0.5) is 9.80 Å². The van der Waals surface area contributed by atoms with Gasteiger partial charge in [-0.2, -0.15) is 0 Å². The van der Waals surface area contributed by atoms with E-state index in [9.17, 15) is 14.4 Å². The second-order valence-corrected chi connectivity index (χ2v) is 7.23. The van der Waals surface area contributed by atoms with Crippen molar-refractivity contribution in [3.8, 4) is 0 Å². The largest absolute Gasteiger partial charge is 0.467 e. The van der Waals surface area contributed by atoms with Crippen molar-refractivity contribution in [2.45, 2.75) is 45.6 Å². The van der Waals surface area contributed by atoms with E-state index in [1.54, 1.807) is 13.8 Å². The zero-order chi connectivity index (χ0) is 17.9. The molecule has 0 radical (unpaired) electrons. The van der Waals surface area contributed by atoms with Gasteiger partial charge in [0.25, 0.3) is 5.91 Å². The van der Waals surface area contributed by atoms with E-state index in [4.69, 9.17) is 10.5 Å². The molecule has 0 aliphatic heterocycles. The summed E-state index contributed by atoms with van der Waals surface area (Å²) in [6, 6.07) is -1.32. The highest BCUT2D eigenvalue weighted by Gasteiger charge is 2.28. The Morgan fingerprint density at radius 2 is 1.88 bits per heavy atom. The van der Waals surface area contributed by atoms with Crippen LogP contribution in [0.15, 0.2) is 0 Å². The lowest BCUT2D eigenvalue weighted by atomic mass is 9.95. The summed E-state index contributed by atoms with van der Waals surface area (Å²) in [5.74, 6) is -1.19. The van der Waals surface area contributed by atoms with E-state index in [1.807, 2.05) is 0 Å². The van der Waals surface area contributed by atoms with Crippen LogP contribution in [0, 0.1) is 5.92 Å². The van der Waals surface area contributed by atoms with Crippen molar-refractivity contribution in [3.63, 3.8) is 0 Å². The van der Waals surface area contributed by atoms with Gasteiger partial charge < -0.3 is 15.8 Å². The smallest absolute Gasteiger partial charge is 0.328 e. The number of hydrogen-bond donors (Lipinski definition) is 3. The molecule has 0 fully saturated rings. The topological polar surface area (TPSA) is 111 Å². The molecule has 1 atom stereocenters. The Labute approximate surface area is 144 Å². The number of rotatable bonds is 5. The molecule has 132 valence electrons. The minimum absolute atomic E-state index is 0.129. The molecule has 1 heterocycles. The molecule has 0 saturated carbocycles. The summed E-state index contributed by atoms with van der Waals surface area (Å²) in [6.45, 7) is 3.61. The van der Waals surface area contributed by atoms with Crippen molar-refractivity contribution in [3.05, 3.63) is 16.0 Å². The third kappa shape index (κ3) is 3.87. The number of esters is 1. The summed E-state index contributed by atoms with van der Waals surface area (Å²) in [5, 5.41) is 5.71. The maximum atomic E-state index is 12.3. The van der Waals surface area contributed by atoms with Crippen LogP contribution in [0.3, 0.4) is 0 Å². The number of carbonyl (C=O) groups excluding carboxylic acids is 3. The van der Waals surface area contributed by atoms with Crippen LogP contribution in [0.1, 0.15) is 47.5 Å². The molecule has 4 N–H and O–H groups in total. The van der Waals surface area contributed by atoms with Gasteiger partial charge in [0, 0.05) is 4.88 Å². The third-order valence-corrected chi connectivity index (χ3v) is 5.26. The molecular weight excluding hydrogens is 330 g/mol. The molecule has 0 bridgehead atoms. The van der Waals surface area contributed by atoms with E-state index in [2.05, 4.69) is 10.6 Å². The molecular formula is C16H23N3O4S. The number of ether oxygens (including phenoxy) is 1. The summed E-state index contributed by atoms with van der Waals surface area (Å²) >= 11 is 1.38. The molecule has 1 unspecified atom stereocenters. The highest BCUT2D eigenvalue weighted by Crippen LogP contribution is 2.37. The number of nitrogens with one attached hydrogen (secondary N) is 2. The van der Waals surface area contributed by atoms with Crippen LogP contribution >= 0.6 is 11.3 Å². The van der Waals surface area contributed by atoms with Crippen LogP contribution in [-0.2, 0) is 22.4 Å². The number of hydrogen-bond acceptors (Lipinski definition) is 5. The number of anilines is 1. The number of carbonyl (C=O) groups is 3. The molecule has 1 aromatic rings. The Kier molecular flexibility index (Phi) is 5.82. The molecule has 0 aromatic carbocycles. The lowest BCUT2D eigenvalue weighted by molar-refractivity contribution is -0.143. The van der Waals surface area contributed by atoms with Crippen molar-refractivity contribution in [1.29, 1.82) is 0 Å². The molecule has 1 aliphatic carbocycles.